The second-order valence-corrected chi connectivity index (χ2v) is 5.45. The highest BCUT2D eigenvalue weighted by Crippen LogP contribution is 2.17. The molecule has 1 aliphatic heterocycles. The molecule has 0 spiro atoms. The molecule has 0 aromatic heterocycles. The van der Waals surface area contributed by atoms with E-state index in [4.69, 9.17) is 15.5 Å². The van der Waals surface area contributed by atoms with Crippen molar-refractivity contribution < 1.29 is 9.53 Å². The van der Waals surface area contributed by atoms with E-state index in [-0.39, 0.29) is 12.3 Å². The van der Waals surface area contributed by atoms with E-state index in [0.29, 0.717) is 13.2 Å². The number of likely N-dealkylation sites (N-methyl/N-ethyl adjacent to an activating group) is 1. The SMILES string of the molecule is CCOC(=O)/C=C/C1=C(C)NC(N)N(C)C1=NCc1ccccc1. The molecule has 0 radical (unpaired) electrons. The van der Waals surface area contributed by atoms with Gasteiger partial charge in [-0.3, -0.25) is 10.7 Å². The third-order valence-electron chi connectivity index (χ3n) is 3.69. The number of nitrogens with two attached hydrogens (primary N) is 1. The monoisotopic (exact) mass is 328 g/mol. The van der Waals surface area contributed by atoms with Crippen molar-refractivity contribution in [3.8, 4) is 0 Å². The molecule has 6 nitrogen and oxygen atoms in total. The average molecular weight is 328 g/mol. The van der Waals surface area contributed by atoms with Gasteiger partial charge in [-0.2, -0.15) is 0 Å². The van der Waals surface area contributed by atoms with Gasteiger partial charge < -0.3 is 15.0 Å². The molecule has 1 unspecified atom stereocenters. The van der Waals surface area contributed by atoms with E-state index in [9.17, 15) is 4.79 Å². The lowest BCUT2D eigenvalue weighted by Gasteiger charge is -2.35. The van der Waals surface area contributed by atoms with Gasteiger partial charge in [0.05, 0.1) is 13.2 Å². The number of amidine groups is 1. The molecule has 3 N–H and O–H groups in total. The summed E-state index contributed by atoms with van der Waals surface area (Å²) in [6.07, 6.45) is 2.76. The van der Waals surface area contributed by atoms with Gasteiger partial charge in [-0.05, 0) is 25.5 Å². The summed E-state index contributed by atoms with van der Waals surface area (Å²) in [6.45, 7) is 4.57. The number of benzene rings is 1. The van der Waals surface area contributed by atoms with E-state index in [1.54, 1.807) is 13.0 Å². The van der Waals surface area contributed by atoms with Gasteiger partial charge in [0, 0.05) is 24.4 Å². The fourth-order valence-corrected chi connectivity index (χ4v) is 2.37. The maximum absolute atomic E-state index is 11.6. The number of ether oxygens (including phenoxy) is 1. The first-order valence-electron chi connectivity index (χ1n) is 7.92. The summed E-state index contributed by atoms with van der Waals surface area (Å²) in [4.78, 5) is 18.1. The average Bonchev–Trinajstić information content (AvgIpc) is 2.57. The second-order valence-electron chi connectivity index (χ2n) is 5.45. The van der Waals surface area contributed by atoms with E-state index in [1.165, 1.54) is 6.08 Å². The third-order valence-corrected chi connectivity index (χ3v) is 3.69. The van der Waals surface area contributed by atoms with Crippen LogP contribution in [0, 0.1) is 0 Å². The summed E-state index contributed by atoms with van der Waals surface area (Å²) < 4.78 is 4.93. The lowest BCUT2D eigenvalue weighted by Crippen LogP contribution is -2.56. The molecule has 0 amide bonds. The zero-order valence-electron chi connectivity index (χ0n) is 14.3. The Labute approximate surface area is 142 Å². The highest BCUT2D eigenvalue weighted by atomic mass is 16.5. The number of allylic oxidation sites excluding steroid dienone is 1. The van der Waals surface area contributed by atoms with Gasteiger partial charge in [-0.1, -0.05) is 30.3 Å². The van der Waals surface area contributed by atoms with Crippen molar-refractivity contribution in [2.45, 2.75) is 26.7 Å². The van der Waals surface area contributed by atoms with Crippen molar-refractivity contribution in [2.75, 3.05) is 13.7 Å². The number of carbonyl (C=O) groups is 1. The number of hydrogen-bond acceptors (Lipinski definition) is 5. The highest BCUT2D eigenvalue weighted by molar-refractivity contribution is 6.03. The molecule has 2 rings (SSSR count). The lowest BCUT2D eigenvalue weighted by molar-refractivity contribution is -0.137. The van der Waals surface area contributed by atoms with Gasteiger partial charge in [0.1, 0.15) is 5.84 Å². The van der Waals surface area contributed by atoms with Crippen LogP contribution in [0.25, 0.3) is 0 Å². The van der Waals surface area contributed by atoms with Crippen LogP contribution in [-0.4, -0.2) is 36.6 Å². The second kappa shape index (κ2) is 8.31. The maximum Gasteiger partial charge on any atom is 0.330 e. The molecule has 24 heavy (non-hydrogen) atoms. The number of esters is 1. The maximum atomic E-state index is 11.6. The van der Waals surface area contributed by atoms with Crippen LogP contribution in [0.5, 0.6) is 0 Å². The van der Waals surface area contributed by atoms with Gasteiger partial charge in [0.2, 0.25) is 0 Å². The molecule has 0 fully saturated rings. The molecule has 1 heterocycles. The number of nitrogens with zero attached hydrogens (tertiary/aromatic N) is 2. The molecule has 1 aromatic rings. The summed E-state index contributed by atoms with van der Waals surface area (Å²) in [7, 11) is 1.87. The Morgan fingerprint density at radius 1 is 1.42 bits per heavy atom. The van der Waals surface area contributed by atoms with Crippen molar-refractivity contribution in [3.05, 3.63) is 59.3 Å². The van der Waals surface area contributed by atoms with E-state index in [0.717, 1.165) is 22.7 Å². The van der Waals surface area contributed by atoms with E-state index in [2.05, 4.69) is 5.32 Å². The molecule has 0 saturated carbocycles. The van der Waals surface area contributed by atoms with E-state index in [1.807, 2.05) is 49.2 Å². The molecule has 1 aliphatic rings. The Morgan fingerprint density at radius 2 is 2.12 bits per heavy atom. The topological polar surface area (TPSA) is 79.9 Å². The lowest BCUT2D eigenvalue weighted by atomic mass is 10.1. The van der Waals surface area contributed by atoms with Crippen molar-refractivity contribution in [3.63, 3.8) is 0 Å². The Kier molecular flexibility index (Phi) is 6.14. The molecule has 0 bridgehead atoms. The van der Waals surface area contributed by atoms with Crippen LogP contribution in [0.1, 0.15) is 19.4 Å². The number of nitrogens with one attached hydrogen (secondary N) is 1. The number of aliphatic imine (C=N–C) groups is 1. The molecule has 6 heteroatoms. The van der Waals surface area contributed by atoms with Crippen LogP contribution < -0.4 is 11.1 Å². The van der Waals surface area contributed by atoms with Crippen LogP contribution in [0.3, 0.4) is 0 Å². The highest BCUT2D eigenvalue weighted by Gasteiger charge is 2.24. The minimum Gasteiger partial charge on any atom is -0.463 e. The van der Waals surface area contributed by atoms with E-state index >= 15 is 0 Å². The fraction of sp³-hybridized carbons (Fsp3) is 0.333. The van der Waals surface area contributed by atoms with Gasteiger partial charge >= 0.3 is 5.97 Å². The Hall–Kier alpha value is -2.60. The fourth-order valence-electron chi connectivity index (χ4n) is 2.37. The zero-order chi connectivity index (χ0) is 17.5. The molecule has 0 aliphatic carbocycles. The number of carbonyl (C=O) groups excluding carboxylic acids is 1. The predicted octanol–water partition coefficient (Wildman–Crippen LogP) is 1.76. The number of rotatable bonds is 5. The van der Waals surface area contributed by atoms with Crippen molar-refractivity contribution >= 4 is 11.8 Å². The summed E-state index contributed by atoms with van der Waals surface area (Å²) >= 11 is 0. The van der Waals surface area contributed by atoms with Gasteiger partial charge in [-0.15, -0.1) is 0 Å². The molecule has 0 saturated heterocycles. The minimum atomic E-state index is -0.377. The minimum absolute atomic E-state index is 0.346. The van der Waals surface area contributed by atoms with Crippen LogP contribution >= 0.6 is 0 Å². The first kappa shape index (κ1) is 17.7. The van der Waals surface area contributed by atoms with Crippen molar-refractivity contribution in [2.24, 2.45) is 10.7 Å². The molecule has 1 atom stereocenters. The van der Waals surface area contributed by atoms with Crippen molar-refractivity contribution in [1.82, 2.24) is 10.2 Å². The summed E-state index contributed by atoms with van der Waals surface area (Å²) in [5.74, 6) is 0.362. The molecule has 1 aromatic carbocycles. The Morgan fingerprint density at radius 3 is 2.79 bits per heavy atom. The van der Waals surface area contributed by atoms with Crippen LogP contribution in [-0.2, 0) is 16.1 Å². The van der Waals surface area contributed by atoms with E-state index < -0.39 is 0 Å². The normalized spacial score (nSPS) is 19.8. The largest absolute Gasteiger partial charge is 0.463 e. The Bertz CT molecular complexity index is 665. The predicted molar refractivity (Wildman–Crippen MR) is 94.9 cm³/mol. The van der Waals surface area contributed by atoms with Gasteiger partial charge in [-0.25, -0.2) is 4.79 Å². The van der Waals surface area contributed by atoms with Crippen LogP contribution in [0.15, 0.2) is 58.7 Å². The first-order chi connectivity index (χ1) is 11.5. The molecular formula is C18H24N4O2. The molecule has 128 valence electrons. The van der Waals surface area contributed by atoms with Crippen LogP contribution in [0.4, 0.5) is 0 Å². The standard InChI is InChI=1S/C18H24N4O2/c1-4-24-16(23)11-10-15-13(2)21-18(19)22(3)17(15)20-12-14-8-6-5-7-9-14/h5-11,18,21H,4,12,19H2,1-3H3/b11-10+,20-17?. The zero-order valence-corrected chi connectivity index (χ0v) is 14.3. The summed E-state index contributed by atoms with van der Waals surface area (Å²) in [6, 6.07) is 9.98. The van der Waals surface area contributed by atoms with Crippen LogP contribution in [0.2, 0.25) is 0 Å². The first-order valence-corrected chi connectivity index (χ1v) is 7.92. The van der Waals surface area contributed by atoms with Gasteiger partial charge in [0.25, 0.3) is 0 Å². The summed E-state index contributed by atoms with van der Waals surface area (Å²) in [5, 5.41) is 3.16. The third kappa shape index (κ3) is 4.45. The van der Waals surface area contributed by atoms with Crippen molar-refractivity contribution in [1.29, 1.82) is 0 Å². The summed E-state index contributed by atoms with van der Waals surface area (Å²) in [5.41, 5.74) is 8.88. The Balaban J connectivity index is 2.28. The van der Waals surface area contributed by atoms with Gasteiger partial charge in [0.15, 0.2) is 6.29 Å². The quantitative estimate of drug-likeness (QED) is 0.636. The smallest absolute Gasteiger partial charge is 0.330 e. The number of hydrogen-bond donors (Lipinski definition) is 2. The molecular weight excluding hydrogens is 304 g/mol.